The maximum Gasteiger partial charge on any atom is 0.586 e. The maximum absolute atomic E-state index is 13.3. The van der Waals surface area contributed by atoms with Gasteiger partial charge in [0.15, 0.2) is 29.3 Å². The summed E-state index contributed by atoms with van der Waals surface area (Å²) in [6, 6.07) is 9.64. The molecule has 0 spiro atoms. The van der Waals surface area contributed by atoms with Crippen LogP contribution in [0.3, 0.4) is 0 Å². The summed E-state index contributed by atoms with van der Waals surface area (Å²) < 4.78 is 52.4. The Bertz CT molecular complexity index is 1170. The van der Waals surface area contributed by atoms with Crippen LogP contribution in [-0.2, 0) is 14.3 Å². The number of carbonyl (C=O) groups excluding carboxylic acids is 2. The molecular formula is C25H26F2N2O7. The number of likely N-dealkylation sites (N-methyl/N-ethyl adjacent to an activating group) is 1. The number of likely N-dealkylation sites (tertiary alicyclic amines) is 1. The van der Waals surface area contributed by atoms with Gasteiger partial charge in [-0.2, -0.15) is 0 Å². The van der Waals surface area contributed by atoms with Crippen LogP contribution in [0.4, 0.5) is 14.5 Å². The van der Waals surface area contributed by atoms with Gasteiger partial charge >= 0.3 is 6.29 Å². The molecule has 2 fully saturated rings. The Labute approximate surface area is 206 Å². The van der Waals surface area contributed by atoms with E-state index in [2.05, 4.69) is 9.47 Å². The van der Waals surface area contributed by atoms with Crippen LogP contribution in [0.1, 0.15) is 30.7 Å². The minimum Gasteiger partial charge on any atom is -0.493 e. The average molecular weight is 504 g/mol. The lowest BCUT2D eigenvalue weighted by atomic mass is 9.98. The van der Waals surface area contributed by atoms with Crippen molar-refractivity contribution in [3.05, 3.63) is 42.0 Å². The minimum absolute atomic E-state index is 0.107. The third kappa shape index (κ3) is 4.88. The van der Waals surface area contributed by atoms with Gasteiger partial charge in [-0.05, 0) is 36.2 Å². The molecule has 192 valence electrons. The van der Waals surface area contributed by atoms with Crippen molar-refractivity contribution in [3.8, 4) is 23.0 Å². The number of anilines is 1. The lowest BCUT2D eigenvalue weighted by molar-refractivity contribution is -0.286. The fourth-order valence-electron chi connectivity index (χ4n) is 4.53. The molecule has 3 aliphatic rings. The molecule has 0 N–H and O–H groups in total. The smallest absolute Gasteiger partial charge is 0.493 e. The molecule has 36 heavy (non-hydrogen) atoms. The maximum atomic E-state index is 13.3. The minimum atomic E-state index is -3.74. The Morgan fingerprint density at radius 2 is 1.97 bits per heavy atom. The molecule has 2 atom stereocenters. The van der Waals surface area contributed by atoms with Crippen LogP contribution in [0.5, 0.6) is 23.0 Å². The van der Waals surface area contributed by atoms with Crippen LogP contribution in [0.2, 0.25) is 0 Å². The van der Waals surface area contributed by atoms with Crippen molar-refractivity contribution in [2.75, 3.05) is 38.8 Å². The van der Waals surface area contributed by atoms with Crippen LogP contribution in [-0.4, -0.2) is 63.2 Å². The first-order valence-corrected chi connectivity index (χ1v) is 11.6. The number of methoxy groups -OCH3 is 1. The van der Waals surface area contributed by atoms with Crippen LogP contribution in [0.25, 0.3) is 0 Å². The van der Waals surface area contributed by atoms with Gasteiger partial charge in [0.25, 0.3) is 0 Å². The van der Waals surface area contributed by atoms with E-state index in [1.54, 1.807) is 13.2 Å². The van der Waals surface area contributed by atoms with E-state index in [-0.39, 0.29) is 48.5 Å². The molecule has 3 aliphatic heterocycles. The third-order valence-corrected chi connectivity index (χ3v) is 6.49. The molecule has 0 saturated carbocycles. The van der Waals surface area contributed by atoms with E-state index in [1.165, 1.54) is 35.0 Å². The van der Waals surface area contributed by atoms with Gasteiger partial charge in [-0.1, -0.05) is 6.07 Å². The SMILES string of the molecule is COc1ccc([C@@H]2CC(=O)N(CC(=O)N(C)c3ccc4c(c3)OC(F)(F)O4)C2)cc1OC1CCCO1. The molecular weight excluding hydrogens is 478 g/mol. The van der Waals surface area contributed by atoms with Gasteiger partial charge in [-0.25, -0.2) is 0 Å². The molecule has 2 saturated heterocycles. The molecule has 0 aromatic heterocycles. The second kappa shape index (κ2) is 9.45. The average Bonchev–Trinajstić information content (AvgIpc) is 3.56. The summed E-state index contributed by atoms with van der Waals surface area (Å²) in [7, 11) is 3.07. The number of hydrogen-bond acceptors (Lipinski definition) is 7. The molecule has 0 bridgehead atoms. The van der Waals surface area contributed by atoms with E-state index in [4.69, 9.17) is 14.2 Å². The predicted molar refractivity (Wildman–Crippen MR) is 123 cm³/mol. The molecule has 3 heterocycles. The zero-order valence-corrected chi connectivity index (χ0v) is 19.9. The summed E-state index contributed by atoms with van der Waals surface area (Å²) in [5.41, 5.74) is 1.24. The van der Waals surface area contributed by atoms with Crippen molar-refractivity contribution in [2.24, 2.45) is 0 Å². The number of ether oxygens (including phenoxy) is 5. The summed E-state index contributed by atoms with van der Waals surface area (Å²) in [6.45, 7) is 0.864. The van der Waals surface area contributed by atoms with Gasteiger partial charge in [0, 0.05) is 44.1 Å². The number of halogens is 2. The lowest BCUT2D eigenvalue weighted by Crippen LogP contribution is -2.39. The largest absolute Gasteiger partial charge is 0.586 e. The molecule has 0 radical (unpaired) electrons. The normalized spacial score (nSPS) is 22.1. The molecule has 5 rings (SSSR count). The molecule has 11 heteroatoms. The first-order chi connectivity index (χ1) is 17.2. The van der Waals surface area contributed by atoms with Crippen molar-refractivity contribution < 1.29 is 42.1 Å². The number of nitrogens with zero attached hydrogens (tertiary/aromatic N) is 2. The van der Waals surface area contributed by atoms with Crippen molar-refractivity contribution in [1.29, 1.82) is 0 Å². The number of hydrogen-bond donors (Lipinski definition) is 0. The number of alkyl halides is 2. The molecule has 1 unspecified atom stereocenters. The Morgan fingerprint density at radius 3 is 2.72 bits per heavy atom. The fraction of sp³-hybridized carbons (Fsp3) is 0.440. The summed E-state index contributed by atoms with van der Waals surface area (Å²) in [5, 5.41) is 0. The zero-order valence-electron chi connectivity index (χ0n) is 19.9. The predicted octanol–water partition coefficient (Wildman–Crippen LogP) is 3.51. The van der Waals surface area contributed by atoms with E-state index in [1.807, 2.05) is 12.1 Å². The van der Waals surface area contributed by atoms with Crippen molar-refractivity contribution in [2.45, 2.75) is 37.8 Å². The highest BCUT2D eigenvalue weighted by atomic mass is 19.3. The quantitative estimate of drug-likeness (QED) is 0.570. The highest BCUT2D eigenvalue weighted by Gasteiger charge is 2.43. The second-order valence-corrected chi connectivity index (χ2v) is 8.90. The van der Waals surface area contributed by atoms with E-state index in [0.717, 1.165) is 18.4 Å². The van der Waals surface area contributed by atoms with Crippen LogP contribution >= 0.6 is 0 Å². The van der Waals surface area contributed by atoms with Gasteiger partial charge in [-0.3, -0.25) is 9.59 Å². The lowest BCUT2D eigenvalue weighted by Gasteiger charge is -2.22. The second-order valence-electron chi connectivity index (χ2n) is 8.90. The first kappa shape index (κ1) is 24.1. The topological polar surface area (TPSA) is 86.8 Å². The van der Waals surface area contributed by atoms with Gasteiger partial charge in [-0.15, -0.1) is 8.78 Å². The summed E-state index contributed by atoms with van der Waals surface area (Å²) >= 11 is 0. The van der Waals surface area contributed by atoms with Gasteiger partial charge in [0.2, 0.25) is 11.8 Å². The van der Waals surface area contributed by atoms with Crippen molar-refractivity contribution in [1.82, 2.24) is 4.90 Å². The summed E-state index contributed by atoms with van der Waals surface area (Å²) in [6.07, 6.45) is -2.09. The van der Waals surface area contributed by atoms with E-state index >= 15 is 0 Å². The zero-order chi connectivity index (χ0) is 25.4. The molecule has 0 aliphatic carbocycles. The van der Waals surface area contributed by atoms with Crippen LogP contribution in [0, 0.1) is 0 Å². The monoisotopic (exact) mass is 504 g/mol. The molecule has 2 aromatic rings. The molecule has 2 amide bonds. The number of benzene rings is 2. The number of rotatable bonds is 7. The standard InChI is InChI=1S/C25H26F2N2O7/c1-28(17-6-8-19-21(12-17)36-25(26,27)35-19)23(31)14-29-13-16(11-22(29)30)15-5-7-18(32-2)20(10-15)34-24-4-3-9-33-24/h5-8,10,12,16,24H,3-4,9,11,13-14H2,1-2H3/t16-,24?/m1/s1. The van der Waals surface area contributed by atoms with Crippen LogP contribution < -0.4 is 23.8 Å². The van der Waals surface area contributed by atoms with Gasteiger partial charge in [0.1, 0.15) is 6.54 Å². The summed E-state index contributed by atoms with van der Waals surface area (Å²) in [4.78, 5) is 28.4. The Hall–Kier alpha value is -3.60. The Balaban J connectivity index is 1.24. The molecule has 9 nitrogen and oxygen atoms in total. The fourth-order valence-corrected chi connectivity index (χ4v) is 4.53. The van der Waals surface area contributed by atoms with Crippen molar-refractivity contribution >= 4 is 17.5 Å². The third-order valence-electron chi connectivity index (χ3n) is 6.49. The highest BCUT2D eigenvalue weighted by molar-refractivity contribution is 5.97. The highest BCUT2D eigenvalue weighted by Crippen LogP contribution is 2.43. The number of fused-ring (bicyclic) bond motifs is 1. The van der Waals surface area contributed by atoms with Crippen molar-refractivity contribution in [3.63, 3.8) is 0 Å². The number of amides is 2. The van der Waals surface area contributed by atoms with Crippen LogP contribution in [0.15, 0.2) is 36.4 Å². The van der Waals surface area contributed by atoms with E-state index < -0.39 is 6.29 Å². The Kier molecular flexibility index (Phi) is 6.33. The van der Waals surface area contributed by atoms with E-state index in [0.29, 0.717) is 30.3 Å². The molecule has 2 aromatic carbocycles. The summed E-state index contributed by atoms with van der Waals surface area (Å²) in [5.74, 6) is 0.225. The van der Waals surface area contributed by atoms with Gasteiger partial charge < -0.3 is 33.5 Å². The first-order valence-electron chi connectivity index (χ1n) is 11.6. The number of carbonyl (C=O) groups is 2. The van der Waals surface area contributed by atoms with Gasteiger partial charge in [0.05, 0.1) is 13.7 Å². The van der Waals surface area contributed by atoms with E-state index in [9.17, 15) is 18.4 Å². The Morgan fingerprint density at radius 1 is 1.17 bits per heavy atom.